The van der Waals surface area contributed by atoms with Crippen molar-refractivity contribution in [2.24, 2.45) is 0 Å². The van der Waals surface area contributed by atoms with Crippen LogP contribution in [0.5, 0.6) is 0 Å². The molecule has 17 heavy (non-hydrogen) atoms. The summed E-state index contributed by atoms with van der Waals surface area (Å²) in [4.78, 5) is 14.9. The zero-order valence-electron chi connectivity index (χ0n) is 9.73. The van der Waals surface area contributed by atoms with Crippen LogP contribution in [0, 0.1) is 0 Å². The number of hydrogen-bond acceptors (Lipinski definition) is 4. The molecule has 2 N–H and O–H groups in total. The molecule has 5 nitrogen and oxygen atoms in total. The van der Waals surface area contributed by atoms with E-state index in [-0.39, 0.29) is 0 Å². The van der Waals surface area contributed by atoms with Crippen LogP contribution in [0.15, 0.2) is 29.0 Å². The molecule has 0 amide bonds. The van der Waals surface area contributed by atoms with Gasteiger partial charge in [0, 0.05) is 6.54 Å². The monoisotopic (exact) mass is 234 g/mol. The van der Waals surface area contributed by atoms with Crippen LogP contribution in [0.2, 0.25) is 0 Å². The number of nitrogens with one attached hydrogen (secondary N) is 1. The molecular formula is C12H14N2O3. The molecule has 0 aliphatic rings. The maximum atomic E-state index is 10.9. The van der Waals surface area contributed by atoms with Crippen LogP contribution in [-0.2, 0) is 11.3 Å². The highest BCUT2D eigenvalue weighted by Gasteiger charge is 2.25. The highest BCUT2D eigenvalue weighted by molar-refractivity contribution is 5.77. The smallest absolute Gasteiger partial charge is 0.323 e. The van der Waals surface area contributed by atoms with Gasteiger partial charge in [-0.3, -0.25) is 10.1 Å². The summed E-state index contributed by atoms with van der Waals surface area (Å²) in [6.07, 6.45) is 1.39. The number of fused-ring (bicyclic) bond motifs is 1. The van der Waals surface area contributed by atoms with E-state index in [4.69, 9.17) is 9.52 Å². The first-order chi connectivity index (χ1) is 7.99. The normalized spacial score (nSPS) is 11.9. The third-order valence-corrected chi connectivity index (χ3v) is 2.66. The summed E-state index contributed by atoms with van der Waals surface area (Å²) in [6, 6.07) is 5.60. The summed E-state index contributed by atoms with van der Waals surface area (Å²) < 4.78 is 5.18. The Bertz CT molecular complexity index is 545. The van der Waals surface area contributed by atoms with Crippen molar-refractivity contribution in [2.45, 2.75) is 25.9 Å². The van der Waals surface area contributed by atoms with E-state index in [1.807, 2.05) is 18.2 Å². The predicted molar refractivity (Wildman–Crippen MR) is 62.6 cm³/mol. The van der Waals surface area contributed by atoms with Gasteiger partial charge in [-0.1, -0.05) is 6.07 Å². The molecule has 90 valence electrons. The second-order valence-electron chi connectivity index (χ2n) is 4.44. The molecular weight excluding hydrogens is 220 g/mol. The maximum Gasteiger partial charge on any atom is 0.323 e. The van der Waals surface area contributed by atoms with Gasteiger partial charge in [-0.05, 0) is 31.5 Å². The Morgan fingerprint density at radius 2 is 2.29 bits per heavy atom. The molecule has 0 fully saturated rings. The van der Waals surface area contributed by atoms with Gasteiger partial charge < -0.3 is 9.52 Å². The number of nitrogens with zero attached hydrogens (tertiary/aromatic N) is 1. The largest absolute Gasteiger partial charge is 0.480 e. The molecule has 0 atom stereocenters. The van der Waals surface area contributed by atoms with Crippen molar-refractivity contribution in [3.8, 4) is 0 Å². The molecule has 0 aliphatic carbocycles. The molecule has 1 aromatic carbocycles. The van der Waals surface area contributed by atoms with Gasteiger partial charge in [0.15, 0.2) is 12.0 Å². The van der Waals surface area contributed by atoms with Crippen molar-refractivity contribution in [3.63, 3.8) is 0 Å². The fraction of sp³-hybridized carbons (Fsp3) is 0.333. The summed E-state index contributed by atoms with van der Waals surface area (Å²) in [6.45, 7) is 3.72. The number of carboxylic acids is 1. The van der Waals surface area contributed by atoms with E-state index in [9.17, 15) is 4.79 Å². The van der Waals surface area contributed by atoms with Crippen LogP contribution in [0.1, 0.15) is 19.4 Å². The average molecular weight is 234 g/mol. The van der Waals surface area contributed by atoms with Crippen LogP contribution >= 0.6 is 0 Å². The van der Waals surface area contributed by atoms with Crippen molar-refractivity contribution < 1.29 is 14.3 Å². The fourth-order valence-corrected chi connectivity index (χ4v) is 1.41. The summed E-state index contributed by atoms with van der Waals surface area (Å²) >= 11 is 0. The first-order valence-electron chi connectivity index (χ1n) is 5.29. The molecule has 0 spiro atoms. The number of benzene rings is 1. The quantitative estimate of drug-likeness (QED) is 0.843. The molecule has 0 saturated carbocycles. The van der Waals surface area contributed by atoms with Gasteiger partial charge in [-0.25, -0.2) is 4.98 Å². The summed E-state index contributed by atoms with van der Waals surface area (Å²) in [7, 11) is 0. The lowest BCUT2D eigenvalue weighted by atomic mass is 10.1. The Labute approximate surface area is 98.5 Å². The third-order valence-electron chi connectivity index (χ3n) is 2.66. The van der Waals surface area contributed by atoms with E-state index in [0.29, 0.717) is 12.1 Å². The van der Waals surface area contributed by atoms with Gasteiger partial charge >= 0.3 is 5.97 Å². The number of aromatic nitrogens is 1. The molecule has 1 aromatic heterocycles. The molecule has 1 heterocycles. The molecule has 2 rings (SSSR count). The molecule has 5 heteroatoms. The van der Waals surface area contributed by atoms with Gasteiger partial charge in [0.25, 0.3) is 0 Å². The lowest BCUT2D eigenvalue weighted by Crippen LogP contribution is -2.46. The predicted octanol–water partition coefficient (Wildman–Crippen LogP) is 1.78. The third kappa shape index (κ3) is 2.45. The van der Waals surface area contributed by atoms with E-state index in [1.165, 1.54) is 6.39 Å². The zero-order chi connectivity index (χ0) is 12.5. The lowest BCUT2D eigenvalue weighted by molar-refractivity contribution is -0.143. The summed E-state index contributed by atoms with van der Waals surface area (Å²) in [5.74, 6) is -0.877. The van der Waals surface area contributed by atoms with Crippen LogP contribution in [0.25, 0.3) is 11.1 Å². The van der Waals surface area contributed by atoms with Gasteiger partial charge in [0.05, 0.1) is 0 Å². The Hall–Kier alpha value is -1.88. The second kappa shape index (κ2) is 4.18. The minimum absolute atomic E-state index is 0.468. The number of carboxylic acid groups (broad SMARTS) is 1. The van der Waals surface area contributed by atoms with E-state index < -0.39 is 11.5 Å². The molecule has 0 radical (unpaired) electrons. The van der Waals surface area contributed by atoms with E-state index in [1.54, 1.807) is 13.8 Å². The lowest BCUT2D eigenvalue weighted by Gasteiger charge is -2.20. The Kier molecular flexibility index (Phi) is 2.85. The minimum atomic E-state index is -0.948. The molecule has 0 aliphatic heterocycles. The first-order valence-corrected chi connectivity index (χ1v) is 5.29. The van der Waals surface area contributed by atoms with Crippen LogP contribution in [0.4, 0.5) is 0 Å². The molecule has 0 saturated heterocycles. The SMILES string of the molecule is CC(C)(NCc1ccc2ncoc2c1)C(=O)O. The number of aliphatic carboxylic acids is 1. The standard InChI is InChI=1S/C12H14N2O3/c1-12(2,11(15)16)14-6-8-3-4-9-10(5-8)17-7-13-9/h3-5,7,14H,6H2,1-2H3,(H,15,16). The Morgan fingerprint density at radius 1 is 1.53 bits per heavy atom. The molecule has 0 bridgehead atoms. The van der Waals surface area contributed by atoms with E-state index in [0.717, 1.165) is 11.1 Å². The van der Waals surface area contributed by atoms with Gasteiger partial charge in [-0.15, -0.1) is 0 Å². The highest BCUT2D eigenvalue weighted by atomic mass is 16.4. The van der Waals surface area contributed by atoms with Crippen molar-refractivity contribution in [1.82, 2.24) is 10.3 Å². The second-order valence-corrected chi connectivity index (χ2v) is 4.44. The highest BCUT2D eigenvalue weighted by Crippen LogP contribution is 2.15. The van der Waals surface area contributed by atoms with Gasteiger partial charge in [0.1, 0.15) is 11.1 Å². The van der Waals surface area contributed by atoms with Crippen LogP contribution in [0.3, 0.4) is 0 Å². The molecule has 2 aromatic rings. The number of rotatable bonds is 4. The average Bonchev–Trinajstić information content (AvgIpc) is 2.73. The van der Waals surface area contributed by atoms with Crippen LogP contribution in [-0.4, -0.2) is 21.6 Å². The molecule has 0 unspecified atom stereocenters. The van der Waals surface area contributed by atoms with Crippen molar-refractivity contribution >= 4 is 17.1 Å². The topological polar surface area (TPSA) is 75.4 Å². The first kappa shape index (κ1) is 11.6. The van der Waals surface area contributed by atoms with Crippen molar-refractivity contribution in [1.29, 1.82) is 0 Å². The maximum absolute atomic E-state index is 10.9. The van der Waals surface area contributed by atoms with E-state index >= 15 is 0 Å². The van der Waals surface area contributed by atoms with Gasteiger partial charge in [0.2, 0.25) is 0 Å². The van der Waals surface area contributed by atoms with Gasteiger partial charge in [-0.2, -0.15) is 0 Å². The summed E-state index contributed by atoms with van der Waals surface area (Å²) in [5, 5.41) is 11.9. The van der Waals surface area contributed by atoms with Crippen molar-refractivity contribution in [2.75, 3.05) is 0 Å². The van der Waals surface area contributed by atoms with Crippen molar-refractivity contribution in [3.05, 3.63) is 30.2 Å². The number of carbonyl (C=O) groups is 1. The van der Waals surface area contributed by atoms with E-state index in [2.05, 4.69) is 10.3 Å². The Morgan fingerprint density at radius 3 is 3.00 bits per heavy atom. The Balaban J connectivity index is 2.11. The zero-order valence-corrected chi connectivity index (χ0v) is 9.73. The summed E-state index contributed by atoms with van der Waals surface area (Å²) in [5.41, 5.74) is 1.52. The van der Waals surface area contributed by atoms with Crippen LogP contribution < -0.4 is 5.32 Å². The fourth-order valence-electron chi connectivity index (χ4n) is 1.41. The number of oxazole rings is 1. The number of hydrogen-bond donors (Lipinski definition) is 2. The minimum Gasteiger partial charge on any atom is -0.480 e.